The van der Waals surface area contributed by atoms with Crippen molar-refractivity contribution in [3.63, 3.8) is 0 Å². The molecule has 0 radical (unpaired) electrons. The average molecular weight is 424 g/mol. The summed E-state index contributed by atoms with van der Waals surface area (Å²) in [5.41, 5.74) is 1.64. The first kappa shape index (κ1) is 20.8. The van der Waals surface area contributed by atoms with Gasteiger partial charge in [-0.25, -0.2) is 4.79 Å². The van der Waals surface area contributed by atoms with Gasteiger partial charge in [-0.1, -0.05) is 31.0 Å². The molecule has 2 aromatic carbocycles. The van der Waals surface area contributed by atoms with E-state index in [1.165, 1.54) is 30.6 Å². The lowest BCUT2D eigenvalue weighted by Crippen LogP contribution is -2.43. The molecule has 3 amide bonds. The van der Waals surface area contributed by atoms with E-state index in [1.54, 1.807) is 4.90 Å². The van der Waals surface area contributed by atoms with Gasteiger partial charge in [-0.15, -0.1) is 11.8 Å². The van der Waals surface area contributed by atoms with Crippen molar-refractivity contribution in [1.29, 1.82) is 0 Å². The minimum Gasteiger partial charge on any atom is -0.326 e. The number of nitrogens with one attached hydrogen (secondary N) is 2. The van der Waals surface area contributed by atoms with Gasteiger partial charge in [0.25, 0.3) is 0 Å². The average Bonchev–Trinajstić information content (AvgIpc) is 3.29. The summed E-state index contributed by atoms with van der Waals surface area (Å²) in [6.45, 7) is 1.18. The fourth-order valence-electron chi connectivity index (χ4n) is 4.13. The molecule has 2 aliphatic rings. The van der Waals surface area contributed by atoms with Crippen LogP contribution in [0.5, 0.6) is 0 Å². The lowest BCUT2D eigenvalue weighted by molar-refractivity contribution is -0.121. The normalized spacial score (nSPS) is 17.7. The number of hydrogen-bond donors (Lipinski definition) is 2. The molecule has 1 heterocycles. The number of likely N-dealkylation sites (tertiary alicyclic amines) is 1. The molecule has 1 aliphatic heterocycles. The molecule has 1 saturated heterocycles. The van der Waals surface area contributed by atoms with Gasteiger partial charge in [0.2, 0.25) is 5.91 Å². The summed E-state index contributed by atoms with van der Waals surface area (Å²) in [6.07, 6.45) is 6.68. The first-order valence-corrected chi connectivity index (χ1v) is 11.7. The number of carbonyl (C=O) groups excluding carboxylic acids is 2. The van der Waals surface area contributed by atoms with Crippen LogP contribution in [-0.2, 0) is 4.79 Å². The maximum atomic E-state index is 12.7. The lowest BCUT2D eigenvalue weighted by Gasteiger charge is -2.31. The molecule has 158 valence electrons. The van der Waals surface area contributed by atoms with Gasteiger partial charge in [0.05, 0.1) is 0 Å². The van der Waals surface area contributed by atoms with Crippen LogP contribution in [0.4, 0.5) is 16.2 Å². The van der Waals surface area contributed by atoms with E-state index in [2.05, 4.69) is 22.8 Å². The molecule has 0 unspecified atom stereocenters. The number of carbonyl (C=O) groups is 2. The van der Waals surface area contributed by atoms with Crippen LogP contribution < -0.4 is 10.6 Å². The van der Waals surface area contributed by atoms with Crippen molar-refractivity contribution in [2.24, 2.45) is 5.92 Å². The zero-order valence-corrected chi connectivity index (χ0v) is 18.0. The van der Waals surface area contributed by atoms with Gasteiger partial charge in [-0.3, -0.25) is 4.79 Å². The van der Waals surface area contributed by atoms with Crippen LogP contribution in [0, 0.1) is 5.92 Å². The van der Waals surface area contributed by atoms with E-state index in [0.717, 1.165) is 16.6 Å². The van der Waals surface area contributed by atoms with Gasteiger partial charge < -0.3 is 15.5 Å². The first-order chi connectivity index (χ1) is 14.7. The molecule has 1 aliphatic carbocycles. The van der Waals surface area contributed by atoms with Crippen LogP contribution in [-0.4, -0.2) is 35.2 Å². The Morgan fingerprint density at radius 3 is 2.10 bits per heavy atom. The van der Waals surface area contributed by atoms with Crippen molar-refractivity contribution in [2.45, 2.75) is 48.7 Å². The molecular formula is C24H29N3O2S. The predicted octanol–water partition coefficient (Wildman–Crippen LogP) is 5.60. The number of thioether (sulfide) groups is 1. The molecule has 6 heteroatoms. The monoisotopic (exact) mass is 423 g/mol. The number of anilines is 2. The molecule has 2 fully saturated rings. The Kier molecular flexibility index (Phi) is 6.95. The summed E-state index contributed by atoms with van der Waals surface area (Å²) in [7, 11) is 0. The minimum atomic E-state index is -0.101. The number of piperidine rings is 1. The van der Waals surface area contributed by atoms with Gasteiger partial charge in [-0.05, 0) is 62.1 Å². The minimum absolute atomic E-state index is 0.0503. The van der Waals surface area contributed by atoms with E-state index in [-0.39, 0.29) is 17.9 Å². The standard InChI is InChI=1S/C24H29N3O2S/c28-23(25-20-10-12-22(13-11-20)30-21-8-4-5-9-21)18-14-16-27(17-15-18)24(29)26-19-6-2-1-3-7-19/h1-3,6-7,10-13,18,21H,4-5,8-9,14-17H2,(H,25,28)(H,26,29). The van der Waals surface area contributed by atoms with E-state index >= 15 is 0 Å². The second-order valence-corrected chi connectivity index (χ2v) is 9.47. The summed E-state index contributed by atoms with van der Waals surface area (Å²) >= 11 is 1.95. The zero-order chi connectivity index (χ0) is 20.8. The number of urea groups is 1. The smallest absolute Gasteiger partial charge is 0.321 e. The van der Waals surface area contributed by atoms with Crippen LogP contribution in [0.3, 0.4) is 0 Å². The van der Waals surface area contributed by atoms with Gasteiger partial charge in [0.1, 0.15) is 0 Å². The summed E-state index contributed by atoms with van der Waals surface area (Å²) in [4.78, 5) is 28.1. The van der Waals surface area contributed by atoms with Crippen molar-refractivity contribution in [1.82, 2.24) is 4.90 Å². The molecule has 0 aromatic heterocycles. The van der Waals surface area contributed by atoms with Gasteiger partial charge in [-0.2, -0.15) is 0 Å². The summed E-state index contributed by atoms with van der Waals surface area (Å²) in [5, 5.41) is 6.71. The zero-order valence-electron chi connectivity index (χ0n) is 17.2. The Hall–Kier alpha value is -2.47. The fraction of sp³-hybridized carbons (Fsp3) is 0.417. The third-order valence-corrected chi connectivity index (χ3v) is 7.25. The summed E-state index contributed by atoms with van der Waals surface area (Å²) in [5.74, 6) is -0.00682. The molecule has 2 aromatic rings. The highest BCUT2D eigenvalue weighted by Gasteiger charge is 2.27. The van der Waals surface area contributed by atoms with E-state index in [4.69, 9.17) is 0 Å². The third kappa shape index (κ3) is 5.57. The van der Waals surface area contributed by atoms with Crippen molar-refractivity contribution in [3.05, 3.63) is 54.6 Å². The number of benzene rings is 2. The summed E-state index contributed by atoms with van der Waals surface area (Å²) < 4.78 is 0. The van der Waals surface area contributed by atoms with E-state index in [1.807, 2.05) is 54.2 Å². The maximum absolute atomic E-state index is 12.7. The van der Waals surface area contributed by atoms with Crippen LogP contribution in [0.1, 0.15) is 38.5 Å². The molecule has 1 saturated carbocycles. The molecular weight excluding hydrogens is 394 g/mol. The van der Waals surface area contributed by atoms with Crippen molar-refractivity contribution in [2.75, 3.05) is 23.7 Å². The van der Waals surface area contributed by atoms with Crippen LogP contribution in [0.15, 0.2) is 59.5 Å². The van der Waals surface area contributed by atoms with Gasteiger partial charge in [0, 0.05) is 40.5 Å². The second kappa shape index (κ2) is 10.0. The highest BCUT2D eigenvalue weighted by atomic mass is 32.2. The van der Waals surface area contributed by atoms with Gasteiger partial charge in [0.15, 0.2) is 0 Å². The Morgan fingerprint density at radius 2 is 1.43 bits per heavy atom. The number of nitrogens with zero attached hydrogens (tertiary/aromatic N) is 1. The quantitative estimate of drug-likeness (QED) is 0.658. The SMILES string of the molecule is O=C(Nc1ccc(SC2CCCC2)cc1)C1CCN(C(=O)Nc2ccccc2)CC1. The van der Waals surface area contributed by atoms with Gasteiger partial charge >= 0.3 is 6.03 Å². The molecule has 0 atom stereocenters. The molecule has 0 spiro atoms. The largest absolute Gasteiger partial charge is 0.326 e. The van der Waals surface area contributed by atoms with E-state index < -0.39 is 0 Å². The topological polar surface area (TPSA) is 61.4 Å². The highest BCUT2D eigenvalue weighted by molar-refractivity contribution is 8.00. The Morgan fingerprint density at radius 1 is 0.800 bits per heavy atom. The Balaban J connectivity index is 1.22. The third-order valence-electron chi connectivity index (χ3n) is 5.90. The molecule has 4 rings (SSSR count). The van der Waals surface area contributed by atoms with Crippen LogP contribution >= 0.6 is 11.8 Å². The van der Waals surface area contributed by atoms with Crippen molar-refractivity contribution >= 4 is 35.1 Å². The van der Waals surface area contributed by atoms with E-state index in [0.29, 0.717) is 25.9 Å². The first-order valence-electron chi connectivity index (χ1n) is 10.9. The van der Waals surface area contributed by atoms with E-state index in [9.17, 15) is 9.59 Å². The predicted molar refractivity (Wildman–Crippen MR) is 123 cm³/mol. The number of amides is 3. The molecule has 0 bridgehead atoms. The lowest BCUT2D eigenvalue weighted by atomic mass is 9.96. The number of hydrogen-bond acceptors (Lipinski definition) is 3. The second-order valence-electron chi connectivity index (χ2n) is 8.10. The fourth-order valence-corrected chi connectivity index (χ4v) is 5.38. The van der Waals surface area contributed by atoms with Crippen molar-refractivity contribution in [3.8, 4) is 0 Å². The summed E-state index contributed by atoms with van der Waals surface area (Å²) in [6, 6.07) is 17.6. The Labute approximate surface area is 182 Å². The highest BCUT2D eigenvalue weighted by Crippen LogP contribution is 2.35. The Bertz CT molecular complexity index is 843. The number of para-hydroxylation sites is 1. The van der Waals surface area contributed by atoms with Crippen LogP contribution in [0.2, 0.25) is 0 Å². The van der Waals surface area contributed by atoms with Crippen molar-refractivity contribution < 1.29 is 9.59 Å². The molecule has 2 N–H and O–H groups in total. The number of rotatable bonds is 5. The molecule has 30 heavy (non-hydrogen) atoms. The van der Waals surface area contributed by atoms with Crippen LogP contribution in [0.25, 0.3) is 0 Å². The molecule has 5 nitrogen and oxygen atoms in total. The maximum Gasteiger partial charge on any atom is 0.321 e.